The first kappa shape index (κ1) is 19.2. The molecule has 4 rings (SSSR count). The van der Waals surface area contributed by atoms with E-state index in [2.05, 4.69) is 10.3 Å². The molecule has 2 aromatic heterocycles. The molecule has 1 saturated carbocycles. The number of hydrogen-bond donors (Lipinski definition) is 1. The van der Waals surface area contributed by atoms with Gasteiger partial charge in [-0.05, 0) is 30.5 Å². The highest BCUT2D eigenvalue weighted by Gasteiger charge is 2.25. The normalized spacial score (nSPS) is 14.7. The second-order valence-corrected chi connectivity index (χ2v) is 7.70. The number of fused-ring (bicyclic) bond motifs is 1. The molecule has 6 heteroatoms. The Balaban J connectivity index is 1.59. The fourth-order valence-electron chi connectivity index (χ4n) is 3.96. The molecule has 3 aromatic rings. The van der Waals surface area contributed by atoms with Gasteiger partial charge in [-0.3, -0.25) is 14.0 Å². The average molecular weight is 390 g/mol. The fraction of sp³-hybridized carbons (Fsp3) is 0.348. The summed E-state index contributed by atoms with van der Waals surface area (Å²) in [7, 11) is 1.75. The SMILES string of the molecule is CN(Cc1ccccc1)C(=O)c1nc(C(=O)NC2CCCCC2)c2ccccn12. The molecule has 0 unspecified atom stereocenters. The zero-order valence-electron chi connectivity index (χ0n) is 16.7. The van der Waals surface area contributed by atoms with Gasteiger partial charge in [0.15, 0.2) is 5.69 Å². The van der Waals surface area contributed by atoms with Gasteiger partial charge in [-0.15, -0.1) is 0 Å². The van der Waals surface area contributed by atoms with Crippen molar-refractivity contribution in [2.24, 2.45) is 0 Å². The summed E-state index contributed by atoms with van der Waals surface area (Å²) in [5.41, 5.74) is 2.00. The molecule has 0 bridgehead atoms. The van der Waals surface area contributed by atoms with Crippen molar-refractivity contribution in [3.05, 3.63) is 71.8 Å². The van der Waals surface area contributed by atoms with Gasteiger partial charge < -0.3 is 10.2 Å². The minimum atomic E-state index is -0.216. The number of carbonyl (C=O) groups excluding carboxylic acids is 2. The Morgan fingerprint density at radius 1 is 1.07 bits per heavy atom. The van der Waals surface area contributed by atoms with E-state index in [1.807, 2.05) is 48.5 Å². The molecule has 0 atom stereocenters. The van der Waals surface area contributed by atoms with Crippen molar-refractivity contribution in [3.8, 4) is 0 Å². The lowest BCUT2D eigenvalue weighted by Crippen LogP contribution is -2.36. The van der Waals surface area contributed by atoms with Crippen LogP contribution in [0.5, 0.6) is 0 Å². The van der Waals surface area contributed by atoms with Gasteiger partial charge in [-0.25, -0.2) is 4.98 Å². The van der Waals surface area contributed by atoms with Crippen LogP contribution in [0.15, 0.2) is 54.7 Å². The number of benzene rings is 1. The highest BCUT2D eigenvalue weighted by Crippen LogP contribution is 2.20. The Kier molecular flexibility index (Phi) is 5.60. The maximum atomic E-state index is 13.1. The van der Waals surface area contributed by atoms with Crippen molar-refractivity contribution < 1.29 is 9.59 Å². The van der Waals surface area contributed by atoms with Gasteiger partial charge in [0, 0.05) is 25.8 Å². The maximum absolute atomic E-state index is 13.1. The monoisotopic (exact) mass is 390 g/mol. The van der Waals surface area contributed by atoms with Crippen molar-refractivity contribution in [1.29, 1.82) is 0 Å². The van der Waals surface area contributed by atoms with Gasteiger partial charge in [0.1, 0.15) is 0 Å². The minimum absolute atomic E-state index is 0.191. The third-order valence-electron chi connectivity index (χ3n) is 5.50. The van der Waals surface area contributed by atoms with Crippen molar-refractivity contribution in [3.63, 3.8) is 0 Å². The molecular weight excluding hydrogens is 364 g/mol. The number of nitrogens with zero attached hydrogens (tertiary/aromatic N) is 3. The topological polar surface area (TPSA) is 66.7 Å². The van der Waals surface area contributed by atoms with E-state index in [9.17, 15) is 9.59 Å². The number of pyridine rings is 1. The Bertz CT molecular complexity index is 1010. The smallest absolute Gasteiger partial charge is 0.290 e. The molecule has 0 spiro atoms. The molecule has 1 aliphatic carbocycles. The third-order valence-corrected chi connectivity index (χ3v) is 5.50. The molecule has 29 heavy (non-hydrogen) atoms. The second-order valence-electron chi connectivity index (χ2n) is 7.70. The standard InChI is InChI=1S/C23H26N4O2/c1-26(16-17-10-4-2-5-11-17)23(29)21-25-20(19-14-8-9-15-27(19)21)22(28)24-18-12-6-3-7-13-18/h2,4-5,8-11,14-15,18H,3,6-7,12-13,16H2,1H3,(H,24,28). The lowest BCUT2D eigenvalue weighted by Gasteiger charge is -2.22. The van der Waals surface area contributed by atoms with Crippen LogP contribution < -0.4 is 5.32 Å². The van der Waals surface area contributed by atoms with Gasteiger partial charge in [0.05, 0.1) is 5.52 Å². The number of amides is 2. The Labute approximate surface area is 170 Å². The number of hydrogen-bond acceptors (Lipinski definition) is 3. The summed E-state index contributed by atoms with van der Waals surface area (Å²) in [6.45, 7) is 0.477. The number of aromatic nitrogens is 2. The zero-order valence-corrected chi connectivity index (χ0v) is 16.7. The zero-order chi connectivity index (χ0) is 20.2. The van der Waals surface area contributed by atoms with Crippen LogP contribution in [0.25, 0.3) is 5.52 Å². The van der Waals surface area contributed by atoms with Gasteiger partial charge in [-0.1, -0.05) is 55.7 Å². The van der Waals surface area contributed by atoms with Crippen LogP contribution in [0, 0.1) is 0 Å². The van der Waals surface area contributed by atoms with E-state index >= 15 is 0 Å². The molecule has 1 aromatic carbocycles. The predicted octanol–water partition coefficient (Wildman–Crippen LogP) is 3.67. The van der Waals surface area contributed by atoms with Crippen molar-refractivity contribution in [2.75, 3.05) is 7.05 Å². The number of imidazole rings is 1. The van der Waals surface area contributed by atoms with Crippen molar-refractivity contribution in [1.82, 2.24) is 19.6 Å². The molecule has 6 nitrogen and oxygen atoms in total. The predicted molar refractivity (Wildman–Crippen MR) is 112 cm³/mol. The van der Waals surface area contributed by atoms with Crippen molar-refractivity contribution >= 4 is 17.3 Å². The first-order valence-electron chi connectivity index (χ1n) is 10.2. The maximum Gasteiger partial charge on any atom is 0.290 e. The quantitative estimate of drug-likeness (QED) is 0.723. The first-order valence-corrected chi connectivity index (χ1v) is 10.2. The number of nitrogens with one attached hydrogen (secondary N) is 1. The lowest BCUT2D eigenvalue weighted by atomic mass is 9.95. The minimum Gasteiger partial charge on any atom is -0.348 e. The van der Waals surface area contributed by atoms with E-state index in [0.717, 1.165) is 31.2 Å². The molecule has 1 N–H and O–H groups in total. The van der Waals surface area contributed by atoms with E-state index in [0.29, 0.717) is 17.8 Å². The van der Waals surface area contributed by atoms with E-state index in [-0.39, 0.29) is 23.7 Å². The van der Waals surface area contributed by atoms with Crippen LogP contribution in [0.1, 0.15) is 58.8 Å². The Morgan fingerprint density at radius 3 is 2.55 bits per heavy atom. The molecule has 1 aliphatic rings. The van der Waals surface area contributed by atoms with Crippen LogP contribution >= 0.6 is 0 Å². The van der Waals surface area contributed by atoms with Crippen LogP contribution in [-0.2, 0) is 6.54 Å². The van der Waals surface area contributed by atoms with E-state index in [1.54, 1.807) is 22.5 Å². The molecule has 0 saturated heterocycles. The van der Waals surface area contributed by atoms with Gasteiger partial charge in [-0.2, -0.15) is 0 Å². The van der Waals surface area contributed by atoms with E-state index in [4.69, 9.17) is 0 Å². The van der Waals surface area contributed by atoms with Crippen molar-refractivity contribution in [2.45, 2.75) is 44.7 Å². The fourth-order valence-corrected chi connectivity index (χ4v) is 3.96. The molecule has 0 radical (unpaired) electrons. The molecule has 150 valence electrons. The van der Waals surface area contributed by atoms with Crippen LogP contribution in [0.4, 0.5) is 0 Å². The first-order chi connectivity index (χ1) is 14.1. The van der Waals surface area contributed by atoms with Crippen LogP contribution in [-0.4, -0.2) is 39.2 Å². The molecule has 1 fully saturated rings. The molecular formula is C23H26N4O2. The third kappa shape index (κ3) is 4.16. The van der Waals surface area contributed by atoms with Gasteiger partial charge >= 0.3 is 0 Å². The van der Waals surface area contributed by atoms with Crippen LogP contribution in [0.2, 0.25) is 0 Å². The summed E-state index contributed by atoms with van der Waals surface area (Å²) < 4.78 is 1.71. The molecule has 0 aliphatic heterocycles. The Hall–Kier alpha value is -3.15. The number of carbonyl (C=O) groups is 2. The summed E-state index contributed by atoms with van der Waals surface area (Å²) in [6.07, 6.45) is 7.30. The molecule has 2 amide bonds. The van der Waals surface area contributed by atoms with E-state index in [1.165, 1.54) is 6.42 Å². The van der Waals surface area contributed by atoms with Crippen LogP contribution in [0.3, 0.4) is 0 Å². The Morgan fingerprint density at radius 2 is 1.79 bits per heavy atom. The summed E-state index contributed by atoms with van der Waals surface area (Å²) in [6, 6.07) is 15.5. The highest BCUT2D eigenvalue weighted by atomic mass is 16.2. The average Bonchev–Trinajstić information content (AvgIpc) is 3.14. The summed E-state index contributed by atoms with van der Waals surface area (Å²) in [4.78, 5) is 32.1. The highest BCUT2D eigenvalue weighted by molar-refractivity contribution is 6.02. The van der Waals surface area contributed by atoms with E-state index < -0.39 is 0 Å². The second kappa shape index (κ2) is 8.47. The van der Waals surface area contributed by atoms with Gasteiger partial charge in [0.25, 0.3) is 11.8 Å². The summed E-state index contributed by atoms with van der Waals surface area (Å²) >= 11 is 0. The molecule has 2 heterocycles. The van der Waals surface area contributed by atoms with Gasteiger partial charge in [0.2, 0.25) is 5.82 Å². The summed E-state index contributed by atoms with van der Waals surface area (Å²) in [5.74, 6) is -0.162. The lowest BCUT2D eigenvalue weighted by molar-refractivity contribution is 0.0772. The largest absolute Gasteiger partial charge is 0.348 e. The summed E-state index contributed by atoms with van der Waals surface area (Å²) in [5, 5.41) is 3.11. The number of rotatable bonds is 5.